The van der Waals surface area contributed by atoms with Crippen molar-refractivity contribution >= 4 is 21.5 Å². The van der Waals surface area contributed by atoms with Gasteiger partial charge in [0, 0.05) is 5.39 Å². The van der Waals surface area contributed by atoms with Gasteiger partial charge in [0.15, 0.2) is 0 Å². The van der Waals surface area contributed by atoms with E-state index in [9.17, 15) is 0 Å². The molecule has 174 valence electrons. The molecule has 3 aromatic carbocycles. The Labute approximate surface area is 194 Å². The molecule has 0 aromatic heterocycles. The van der Waals surface area contributed by atoms with Crippen LogP contribution in [0, 0.1) is 5.82 Å². The summed E-state index contributed by atoms with van der Waals surface area (Å²) in [5.41, 5.74) is 0.846. The minimum absolute atomic E-state index is 0.0454. The lowest BCUT2D eigenvalue weighted by atomic mass is 9.97. The maximum atomic E-state index is 15.1. The van der Waals surface area contributed by atoms with E-state index >= 15 is 4.39 Å². The Bertz CT molecular complexity index is 962. The van der Waals surface area contributed by atoms with Crippen molar-refractivity contribution < 1.29 is 9.13 Å². The van der Waals surface area contributed by atoms with Crippen LogP contribution in [0.5, 0.6) is 5.75 Å². The number of rotatable bonds is 15. The first-order valence-electron chi connectivity index (χ1n) is 13.0. The van der Waals surface area contributed by atoms with E-state index in [0.29, 0.717) is 0 Å². The van der Waals surface area contributed by atoms with Crippen LogP contribution in [-0.2, 0) is 6.42 Å². The molecule has 0 heterocycles. The number of hydrogen-bond donors (Lipinski definition) is 0. The molecule has 0 saturated carbocycles. The fourth-order valence-electron chi connectivity index (χ4n) is 4.58. The molecule has 3 aromatic rings. The van der Waals surface area contributed by atoms with Gasteiger partial charge in [-0.25, -0.2) is 4.39 Å². The highest BCUT2D eigenvalue weighted by Crippen LogP contribution is 2.31. The highest BCUT2D eigenvalue weighted by Gasteiger charge is 2.10. The van der Waals surface area contributed by atoms with E-state index in [1.54, 1.807) is 0 Å². The Morgan fingerprint density at radius 3 is 2.00 bits per heavy atom. The number of halogens is 1. The van der Waals surface area contributed by atoms with E-state index in [2.05, 4.69) is 32.0 Å². The summed E-state index contributed by atoms with van der Waals surface area (Å²) in [6.45, 7) is 5.23. The molecular weight excluding hydrogens is 395 g/mol. The minimum Gasteiger partial charge on any atom is -0.494 e. The number of benzene rings is 3. The van der Waals surface area contributed by atoms with Crippen LogP contribution in [0.1, 0.15) is 96.5 Å². The van der Waals surface area contributed by atoms with E-state index in [4.69, 9.17) is 4.74 Å². The zero-order chi connectivity index (χ0) is 22.6. The largest absolute Gasteiger partial charge is 0.494 e. The fourth-order valence-corrected chi connectivity index (χ4v) is 4.58. The van der Waals surface area contributed by atoms with Gasteiger partial charge in [0.25, 0.3) is 0 Å². The second kappa shape index (κ2) is 13.5. The van der Waals surface area contributed by atoms with E-state index in [-0.39, 0.29) is 5.82 Å². The lowest BCUT2D eigenvalue weighted by molar-refractivity contribution is 0.304. The van der Waals surface area contributed by atoms with Crippen LogP contribution in [0.3, 0.4) is 0 Å². The van der Waals surface area contributed by atoms with Gasteiger partial charge in [-0.15, -0.1) is 0 Å². The van der Waals surface area contributed by atoms with Gasteiger partial charge >= 0.3 is 0 Å². The molecule has 0 bridgehead atoms. The topological polar surface area (TPSA) is 9.23 Å². The van der Waals surface area contributed by atoms with Gasteiger partial charge in [0.1, 0.15) is 11.6 Å². The van der Waals surface area contributed by atoms with Gasteiger partial charge < -0.3 is 4.74 Å². The summed E-state index contributed by atoms with van der Waals surface area (Å²) in [4.78, 5) is 0. The SMILES string of the molecule is CCCCCCCCCCOc1ccc2c(ccc3c(F)c(CCCCCC)ccc32)c1. The van der Waals surface area contributed by atoms with Crippen LogP contribution < -0.4 is 4.74 Å². The van der Waals surface area contributed by atoms with Gasteiger partial charge in [-0.2, -0.15) is 0 Å². The number of fused-ring (bicyclic) bond motifs is 3. The third-order valence-electron chi connectivity index (χ3n) is 6.57. The molecule has 0 radical (unpaired) electrons. The van der Waals surface area contributed by atoms with Crippen molar-refractivity contribution in [1.82, 2.24) is 0 Å². The van der Waals surface area contributed by atoms with Crippen molar-refractivity contribution in [2.75, 3.05) is 6.61 Å². The van der Waals surface area contributed by atoms with Crippen molar-refractivity contribution in [3.63, 3.8) is 0 Å². The maximum absolute atomic E-state index is 15.1. The van der Waals surface area contributed by atoms with Crippen LogP contribution in [0.15, 0.2) is 42.5 Å². The summed E-state index contributed by atoms with van der Waals surface area (Å²) < 4.78 is 21.1. The molecule has 0 amide bonds. The Balaban J connectivity index is 1.56. The first kappa shape index (κ1) is 24.6. The lowest BCUT2D eigenvalue weighted by Gasteiger charge is -2.11. The van der Waals surface area contributed by atoms with Crippen LogP contribution >= 0.6 is 0 Å². The van der Waals surface area contributed by atoms with Gasteiger partial charge in [0.05, 0.1) is 6.61 Å². The predicted molar refractivity (Wildman–Crippen MR) is 137 cm³/mol. The predicted octanol–water partition coefficient (Wildman–Crippen LogP) is 9.77. The summed E-state index contributed by atoms with van der Waals surface area (Å²) in [6, 6.07) is 14.3. The van der Waals surface area contributed by atoms with Gasteiger partial charge in [-0.05, 0) is 53.1 Å². The molecule has 0 aliphatic rings. The normalized spacial score (nSPS) is 11.5. The summed E-state index contributed by atoms with van der Waals surface area (Å²) in [5, 5.41) is 3.93. The molecule has 0 atom stereocenters. The summed E-state index contributed by atoms with van der Waals surface area (Å²) in [6.07, 6.45) is 15.9. The maximum Gasteiger partial charge on any atom is 0.134 e. The van der Waals surface area contributed by atoms with E-state index in [1.165, 1.54) is 64.2 Å². The molecule has 0 aliphatic heterocycles. The lowest BCUT2D eigenvalue weighted by Crippen LogP contribution is -1.97. The molecule has 0 saturated heterocycles. The summed E-state index contributed by atoms with van der Waals surface area (Å²) >= 11 is 0. The third kappa shape index (κ3) is 6.95. The van der Waals surface area contributed by atoms with Crippen LogP contribution in [0.2, 0.25) is 0 Å². The molecule has 0 fully saturated rings. The molecule has 1 nitrogen and oxygen atoms in total. The van der Waals surface area contributed by atoms with Gasteiger partial charge in [-0.3, -0.25) is 0 Å². The van der Waals surface area contributed by atoms with Crippen molar-refractivity contribution in [3.05, 3.63) is 53.8 Å². The highest BCUT2D eigenvalue weighted by atomic mass is 19.1. The van der Waals surface area contributed by atoms with Crippen LogP contribution in [0.25, 0.3) is 21.5 Å². The molecule has 3 rings (SSSR count). The molecule has 0 unspecified atom stereocenters. The van der Waals surface area contributed by atoms with Crippen molar-refractivity contribution in [2.24, 2.45) is 0 Å². The molecular formula is C30H41FO. The minimum atomic E-state index is -0.0454. The van der Waals surface area contributed by atoms with Crippen molar-refractivity contribution in [1.29, 1.82) is 0 Å². The molecule has 32 heavy (non-hydrogen) atoms. The first-order valence-corrected chi connectivity index (χ1v) is 13.0. The van der Waals surface area contributed by atoms with Crippen LogP contribution in [-0.4, -0.2) is 6.61 Å². The average Bonchev–Trinajstić information content (AvgIpc) is 2.81. The fraction of sp³-hybridized carbons (Fsp3) is 0.533. The zero-order valence-corrected chi connectivity index (χ0v) is 20.2. The molecule has 0 spiro atoms. The second-order valence-corrected chi connectivity index (χ2v) is 9.22. The molecule has 2 heteroatoms. The number of ether oxygens (including phenoxy) is 1. The first-order chi connectivity index (χ1) is 15.7. The molecule has 0 aliphatic carbocycles. The van der Waals surface area contributed by atoms with E-state index in [0.717, 1.165) is 58.7 Å². The third-order valence-corrected chi connectivity index (χ3v) is 6.57. The number of aryl methyl sites for hydroxylation is 1. The van der Waals surface area contributed by atoms with Gasteiger partial charge in [-0.1, -0.05) is 108 Å². The summed E-state index contributed by atoms with van der Waals surface area (Å²) in [7, 11) is 0. The number of unbranched alkanes of at least 4 members (excludes halogenated alkanes) is 10. The quantitative estimate of drug-likeness (QED) is 0.170. The number of hydrogen-bond acceptors (Lipinski definition) is 1. The highest BCUT2D eigenvalue weighted by molar-refractivity contribution is 6.08. The molecule has 0 N–H and O–H groups in total. The summed E-state index contributed by atoms with van der Waals surface area (Å²) in [5.74, 6) is 0.865. The van der Waals surface area contributed by atoms with Crippen molar-refractivity contribution in [3.8, 4) is 5.75 Å². The Hall–Kier alpha value is -2.09. The van der Waals surface area contributed by atoms with Crippen LogP contribution in [0.4, 0.5) is 4.39 Å². The van der Waals surface area contributed by atoms with E-state index < -0.39 is 0 Å². The van der Waals surface area contributed by atoms with Crippen molar-refractivity contribution in [2.45, 2.75) is 97.3 Å². The monoisotopic (exact) mass is 436 g/mol. The Kier molecular flexibility index (Phi) is 10.3. The average molecular weight is 437 g/mol. The second-order valence-electron chi connectivity index (χ2n) is 9.22. The zero-order valence-electron chi connectivity index (χ0n) is 20.2. The smallest absolute Gasteiger partial charge is 0.134 e. The standard InChI is InChI=1S/C30H41FO/c1-3-5-7-9-10-11-12-14-22-32-26-18-21-27-25(23-26)17-20-29-28(27)19-16-24(30(29)31)15-13-8-6-4-2/h16-21,23H,3-15,22H2,1-2H3. The van der Waals surface area contributed by atoms with Gasteiger partial charge in [0.2, 0.25) is 0 Å². The van der Waals surface area contributed by atoms with E-state index in [1.807, 2.05) is 24.3 Å². The Morgan fingerprint density at radius 2 is 1.25 bits per heavy atom. The Morgan fingerprint density at radius 1 is 0.625 bits per heavy atom.